The van der Waals surface area contributed by atoms with Gasteiger partial charge in [-0.1, -0.05) is 29.8 Å². The van der Waals surface area contributed by atoms with Crippen LogP contribution >= 0.6 is 22.9 Å². The number of nitrogens with zero attached hydrogens (tertiary/aromatic N) is 1. The molecule has 2 amide bonds. The molecule has 0 atom stereocenters. The number of amides is 2. The molecule has 0 radical (unpaired) electrons. The third-order valence-corrected chi connectivity index (χ3v) is 5.23. The van der Waals surface area contributed by atoms with Gasteiger partial charge in [0.15, 0.2) is 0 Å². The van der Waals surface area contributed by atoms with E-state index in [4.69, 9.17) is 11.6 Å². The third kappa shape index (κ3) is 4.53. The van der Waals surface area contributed by atoms with E-state index >= 15 is 0 Å². The molecule has 2 N–H and O–H groups in total. The van der Waals surface area contributed by atoms with E-state index in [1.807, 2.05) is 25.1 Å². The first-order chi connectivity index (χ1) is 13.0. The van der Waals surface area contributed by atoms with Crippen LogP contribution in [0.2, 0.25) is 5.02 Å². The predicted octanol–water partition coefficient (Wildman–Crippen LogP) is 4.77. The Hall–Kier alpha value is -2.70. The number of hydrogen-bond donors (Lipinski definition) is 2. The number of nitrogens with one attached hydrogen (secondary N) is 2. The number of hydrogen-bond acceptors (Lipinski definition) is 4. The lowest BCUT2D eigenvalue weighted by Gasteiger charge is -2.07. The summed E-state index contributed by atoms with van der Waals surface area (Å²) in [5.41, 5.74) is 2.57. The second-order valence-electron chi connectivity index (χ2n) is 5.84. The summed E-state index contributed by atoms with van der Waals surface area (Å²) < 4.78 is 0. The van der Waals surface area contributed by atoms with Gasteiger partial charge in [0.2, 0.25) is 0 Å². The van der Waals surface area contributed by atoms with Crippen LogP contribution < -0.4 is 10.6 Å². The highest BCUT2D eigenvalue weighted by molar-refractivity contribution is 7.17. The largest absolute Gasteiger partial charge is 0.352 e. The molecule has 0 unspecified atom stereocenters. The maximum atomic E-state index is 12.7. The lowest BCUT2D eigenvalue weighted by molar-refractivity contribution is 0.0954. The molecule has 0 aliphatic heterocycles. The lowest BCUT2D eigenvalue weighted by atomic mass is 10.2. The average molecular weight is 400 g/mol. The third-order valence-electron chi connectivity index (χ3n) is 3.79. The molecule has 0 aliphatic carbocycles. The maximum Gasteiger partial charge on any atom is 0.267 e. The molecular formula is C20H18ClN3O2S. The van der Waals surface area contributed by atoms with Crippen LogP contribution in [-0.2, 0) is 0 Å². The normalized spacial score (nSPS) is 10.5. The zero-order valence-electron chi connectivity index (χ0n) is 14.9. The Morgan fingerprint density at radius 3 is 2.63 bits per heavy atom. The number of benzene rings is 2. The first-order valence-corrected chi connectivity index (χ1v) is 9.60. The fourth-order valence-electron chi connectivity index (χ4n) is 2.54. The summed E-state index contributed by atoms with van der Waals surface area (Å²) in [7, 11) is 0. The molecule has 3 aromatic rings. The number of carbonyl (C=O) groups is 2. The Kier molecular flexibility index (Phi) is 5.88. The number of carbonyl (C=O) groups excluding carboxylic acids is 2. The van der Waals surface area contributed by atoms with Crippen LogP contribution in [0.3, 0.4) is 0 Å². The first-order valence-electron chi connectivity index (χ1n) is 8.41. The summed E-state index contributed by atoms with van der Waals surface area (Å²) in [6, 6.07) is 14.2. The van der Waals surface area contributed by atoms with Crippen molar-refractivity contribution in [2.24, 2.45) is 0 Å². The van der Waals surface area contributed by atoms with Crippen molar-refractivity contribution in [3.05, 3.63) is 69.7 Å². The highest BCUT2D eigenvalue weighted by atomic mass is 35.5. The molecule has 0 spiro atoms. The topological polar surface area (TPSA) is 71.1 Å². The van der Waals surface area contributed by atoms with Crippen molar-refractivity contribution in [1.82, 2.24) is 10.3 Å². The molecule has 1 aromatic heterocycles. The Bertz CT molecular complexity index is 1000. The summed E-state index contributed by atoms with van der Waals surface area (Å²) in [5.74, 6) is -0.433. The van der Waals surface area contributed by atoms with Crippen LogP contribution in [0.4, 0.5) is 5.69 Å². The van der Waals surface area contributed by atoms with E-state index in [1.54, 1.807) is 37.3 Å². The molecule has 7 heteroatoms. The van der Waals surface area contributed by atoms with Gasteiger partial charge in [-0.05, 0) is 44.2 Å². The van der Waals surface area contributed by atoms with Crippen molar-refractivity contribution in [3.63, 3.8) is 0 Å². The number of rotatable bonds is 5. The van der Waals surface area contributed by atoms with Gasteiger partial charge < -0.3 is 10.6 Å². The number of aryl methyl sites for hydroxylation is 1. The summed E-state index contributed by atoms with van der Waals surface area (Å²) in [5, 5.41) is 6.93. The van der Waals surface area contributed by atoms with Crippen LogP contribution in [0.15, 0.2) is 48.5 Å². The fourth-order valence-corrected chi connectivity index (χ4v) is 3.69. The van der Waals surface area contributed by atoms with E-state index in [-0.39, 0.29) is 11.8 Å². The molecule has 0 saturated heterocycles. The van der Waals surface area contributed by atoms with Crippen LogP contribution in [0.5, 0.6) is 0 Å². The van der Waals surface area contributed by atoms with Crippen molar-refractivity contribution in [3.8, 4) is 10.6 Å². The van der Waals surface area contributed by atoms with Gasteiger partial charge in [-0.2, -0.15) is 0 Å². The average Bonchev–Trinajstić information content (AvgIpc) is 3.04. The van der Waals surface area contributed by atoms with Crippen LogP contribution in [-0.4, -0.2) is 23.3 Å². The number of anilines is 1. The Balaban J connectivity index is 1.81. The Morgan fingerprint density at radius 1 is 1.11 bits per heavy atom. The van der Waals surface area contributed by atoms with E-state index in [9.17, 15) is 9.59 Å². The van der Waals surface area contributed by atoms with Gasteiger partial charge in [0.1, 0.15) is 9.88 Å². The minimum atomic E-state index is -0.258. The monoisotopic (exact) mass is 399 g/mol. The van der Waals surface area contributed by atoms with E-state index in [0.29, 0.717) is 33.4 Å². The van der Waals surface area contributed by atoms with Crippen molar-refractivity contribution in [2.75, 3.05) is 11.9 Å². The summed E-state index contributed by atoms with van der Waals surface area (Å²) >= 11 is 7.35. The highest BCUT2D eigenvalue weighted by Gasteiger charge is 2.17. The van der Waals surface area contributed by atoms with Gasteiger partial charge in [0, 0.05) is 28.4 Å². The second-order valence-corrected chi connectivity index (χ2v) is 7.27. The van der Waals surface area contributed by atoms with E-state index in [1.165, 1.54) is 11.3 Å². The molecule has 138 valence electrons. The summed E-state index contributed by atoms with van der Waals surface area (Å²) in [6.07, 6.45) is 0. The van der Waals surface area contributed by atoms with E-state index in [0.717, 1.165) is 10.6 Å². The molecule has 5 nitrogen and oxygen atoms in total. The molecule has 1 heterocycles. The molecule has 0 saturated carbocycles. The smallest absolute Gasteiger partial charge is 0.267 e. The standard InChI is InChI=1S/C20H18ClN3O2S/c1-3-22-18(25)13-6-5-9-16(11-13)24-19(26)17-12(2)23-20(27-17)14-7-4-8-15(21)10-14/h4-11H,3H2,1-2H3,(H,22,25)(H,24,26). The van der Waals surface area contributed by atoms with Gasteiger partial charge in [-0.15, -0.1) is 11.3 Å². The molecule has 0 fully saturated rings. The lowest BCUT2D eigenvalue weighted by Crippen LogP contribution is -2.22. The van der Waals surface area contributed by atoms with Gasteiger partial charge in [-0.3, -0.25) is 9.59 Å². The SMILES string of the molecule is CCNC(=O)c1cccc(NC(=O)c2sc(-c3cccc(Cl)c3)nc2C)c1. The second kappa shape index (κ2) is 8.33. The number of halogens is 1. The first kappa shape index (κ1) is 19.1. The minimum absolute atomic E-state index is 0.175. The molecule has 27 heavy (non-hydrogen) atoms. The zero-order valence-corrected chi connectivity index (χ0v) is 16.4. The van der Waals surface area contributed by atoms with Crippen LogP contribution in [0.1, 0.15) is 32.6 Å². The van der Waals surface area contributed by atoms with Crippen molar-refractivity contribution in [2.45, 2.75) is 13.8 Å². The van der Waals surface area contributed by atoms with Gasteiger partial charge in [0.25, 0.3) is 11.8 Å². The number of aromatic nitrogens is 1. The van der Waals surface area contributed by atoms with Crippen LogP contribution in [0, 0.1) is 6.92 Å². The quantitative estimate of drug-likeness (QED) is 0.648. The predicted molar refractivity (Wildman–Crippen MR) is 110 cm³/mol. The molecule has 3 rings (SSSR count). The van der Waals surface area contributed by atoms with Crippen molar-refractivity contribution in [1.29, 1.82) is 0 Å². The number of thiazole rings is 1. The van der Waals surface area contributed by atoms with E-state index in [2.05, 4.69) is 15.6 Å². The Morgan fingerprint density at radius 2 is 1.89 bits per heavy atom. The van der Waals surface area contributed by atoms with Gasteiger partial charge >= 0.3 is 0 Å². The summed E-state index contributed by atoms with van der Waals surface area (Å²) in [4.78, 5) is 29.6. The highest BCUT2D eigenvalue weighted by Crippen LogP contribution is 2.30. The van der Waals surface area contributed by atoms with Crippen molar-refractivity contribution >= 4 is 40.4 Å². The summed E-state index contributed by atoms with van der Waals surface area (Å²) in [6.45, 7) is 4.19. The Labute approximate surface area is 166 Å². The van der Waals surface area contributed by atoms with Crippen molar-refractivity contribution < 1.29 is 9.59 Å². The minimum Gasteiger partial charge on any atom is -0.352 e. The molecular weight excluding hydrogens is 382 g/mol. The van der Waals surface area contributed by atoms with E-state index < -0.39 is 0 Å². The molecule has 0 aliphatic rings. The maximum absolute atomic E-state index is 12.7. The molecule has 2 aromatic carbocycles. The van der Waals surface area contributed by atoms with Gasteiger partial charge in [-0.25, -0.2) is 4.98 Å². The van der Waals surface area contributed by atoms with Crippen LogP contribution in [0.25, 0.3) is 10.6 Å². The zero-order chi connectivity index (χ0) is 19.4. The fraction of sp³-hybridized carbons (Fsp3) is 0.150. The van der Waals surface area contributed by atoms with Gasteiger partial charge in [0.05, 0.1) is 5.69 Å². The molecule has 0 bridgehead atoms.